The predicted molar refractivity (Wildman–Crippen MR) is 130 cm³/mol. The molecule has 1 atom stereocenters. The van der Waals surface area contributed by atoms with Crippen LogP contribution in [0.5, 0.6) is 0 Å². The van der Waals surface area contributed by atoms with E-state index in [1.807, 2.05) is 30.3 Å². The number of esters is 1. The summed E-state index contributed by atoms with van der Waals surface area (Å²) < 4.78 is 5.42. The van der Waals surface area contributed by atoms with Gasteiger partial charge in [-0.15, -0.1) is 11.3 Å². The number of carbonyl (C=O) groups excluding carboxylic acids is 2. The van der Waals surface area contributed by atoms with Gasteiger partial charge >= 0.3 is 5.97 Å². The topological polar surface area (TPSA) is 68.3 Å². The van der Waals surface area contributed by atoms with Gasteiger partial charge in [-0.05, 0) is 58.9 Å². The molecule has 3 aromatic rings. The van der Waals surface area contributed by atoms with Crippen LogP contribution >= 0.6 is 11.3 Å². The lowest BCUT2D eigenvalue weighted by molar-refractivity contribution is -0.123. The van der Waals surface area contributed by atoms with Crippen LogP contribution < -0.4 is 5.32 Å². The Kier molecular flexibility index (Phi) is 6.15. The SMILES string of the molecule is CNC(=O)COC(=O)c1c2c(nc3ccccc13)/C(=C/c1cccs1)CC(C(C)(C)C)C2. The average Bonchev–Trinajstić information content (AvgIpc) is 3.28. The molecule has 4 rings (SSSR count). The number of benzene rings is 1. The first-order chi connectivity index (χ1) is 15.3. The van der Waals surface area contributed by atoms with Gasteiger partial charge in [-0.1, -0.05) is 45.0 Å². The Balaban J connectivity index is 1.92. The van der Waals surface area contributed by atoms with Crippen LogP contribution in [0, 0.1) is 11.3 Å². The normalized spacial score (nSPS) is 17.2. The summed E-state index contributed by atoms with van der Waals surface area (Å²) in [6.45, 7) is 6.41. The Bertz CT molecular complexity index is 1190. The van der Waals surface area contributed by atoms with Crippen molar-refractivity contribution in [3.63, 3.8) is 0 Å². The number of carbonyl (C=O) groups is 2. The maximum Gasteiger partial charge on any atom is 0.339 e. The summed E-state index contributed by atoms with van der Waals surface area (Å²) in [7, 11) is 1.52. The summed E-state index contributed by atoms with van der Waals surface area (Å²) in [6, 6.07) is 11.8. The number of ether oxygens (including phenoxy) is 1. The third-order valence-corrected chi connectivity index (χ3v) is 6.94. The fourth-order valence-electron chi connectivity index (χ4n) is 4.19. The third-order valence-electron chi connectivity index (χ3n) is 6.12. The van der Waals surface area contributed by atoms with Crippen molar-refractivity contribution in [2.45, 2.75) is 33.6 Å². The summed E-state index contributed by atoms with van der Waals surface area (Å²) in [5.41, 5.74) is 4.26. The highest BCUT2D eigenvalue weighted by Gasteiger charge is 2.35. The monoisotopic (exact) mass is 448 g/mol. The van der Waals surface area contributed by atoms with Gasteiger partial charge in [-0.3, -0.25) is 4.79 Å². The number of fused-ring (bicyclic) bond motifs is 2. The molecule has 32 heavy (non-hydrogen) atoms. The van der Waals surface area contributed by atoms with Crippen molar-refractivity contribution < 1.29 is 14.3 Å². The van der Waals surface area contributed by atoms with Gasteiger partial charge in [0.05, 0.1) is 16.8 Å². The number of nitrogens with zero attached hydrogens (tertiary/aromatic N) is 1. The molecule has 6 heteroatoms. The standard InChI is InChI=1S/C26H28N2O3S/c1-26(2,3)17-12-16(13-18-8-7-11-32-18)24-20(14-17)23(25(30)31-15-22(29)27-4)19-9-5-6-10-21(19)28-24/h5-11,13,17H,12,14-15H2,1-4H3,(H,27,29)/b16-13+. The number of rotatable bonds is 4. The summed E-state index contributed by atoms with van der Waals surface area (Å²) in [4.78, 5) is 31.2. The minimum atomic E-state index is -0.478. The van der Waals surface area contributed by atoms with E-state index < -0.39 is 5.97 Å². The first-order valence-corrected chi connectivity index (χ1v) is 11.7. The molecule has 0 saturated carbocycles. The number of likely N-dealkylation sites (N-methyl/N-ethyl adjacent to an activating group) is 1. The minimum Gasteiger partial charge on any atom is -0.452 e. The maximum atomic E-state index is 13.3. The van der Waals surface area contributed by atoms with Crippen LogP contribution in [0.15, 0.2) is 41.8 Å². The van der Waals surface area contributed by atoms with Crippen LogP contribution in [-0.2, 0) is 16.0 Å². The molecule has 0 aliphatic heterocycles. The number of nitrogens with one attached hydrogen (secondary N) is 1. The molecule has 1 N–H and O–H groups in total. The first kappa shape index (κ1) is 22.2. The highest BCUT2D eigenvalue weighted by molar-refractivity contribution is 7.10. The lowest BCUT2D eigenvalue weighted by Gasteiger charge is -2.36. The predicted octanol–water partition coefficient (Wildman–Crippen LogP) is 5.35. The molecule has 1 aromatic carbocycles. The maximum absolute atomic E-state index is 13.3. The Morgan fingerprint density at radius 1 is 1.19 bits per heavy atom. The molecule has 166 valence electrons. The number of aromatic nitrogens is 1. The van der Waals surface area contributed by atoms with Crippen LogP contribution in [0.25, 0.3) is 22.6 Å². The van der Waals surface area contributed by atoms with Gasteiger partial charge in [0.1, 0.15) is 0 Å². The molecular weight excluding hydrogens is 420 g/mol. The van der Waals surface area contributed by atoms with Crippen LogP contribution in [-0.4, -0.2) is 30.5 Å². The van der Waals surface area contributed by atoms with E-state index >= 15 is 0 Å². The molecule has 1 aliphatic carbocycles. The van der Waals surface area contributed by atoms with Crippen molar-refractivity contribution in [2.24, 2.45) is 11.3 Å². The summed E-state index contributed by atoms with van der Waals surface area (Å²) in [5, 5.41) is 5.32. The smallest absolute Gasteiger partial charge is 0.339 e. The van der Waals surface area contributed by atoms with Crippen LogP contribution in [0.2, 0.25) is 0 Å². The van der Waals surface area contributed by atoms with Gasteiger partial charge in [0, 0.05) is 17.3 Å². The van der Waals surface area contributed by atoms with Gasteiger partial charge in [-0.25, -0.2) is 9.78 Å². The Morgan fingerprint density at radius 3 is 2.66 bits per heavy atom. The Morgan fingerprint density at radius 2 is 1.97 bits per heavy atom. The van der Waals surface area contributed by atoms with E-state index in [1.165, 1.54) is 11.9 Å². The zero-order valence-electron chi connectivity index (χ0n) is 18.9. The van der Waals surface area contributed by atoms with Crippen LogP contribution in [0.4, 0.5) is 0 Å². The lowest BCUT2D eigenvalue weighted by atomic mass is 9.69. The molecule has 1 aliphatic rings. The highest BCUT2D eigenvalue weighted by Crippen LogP contribution is 2.45. The van der Waals surface area contributed by atoms with E-state index in [-0.39, 0.29) is 17.9 Å². The Labute approximate surface area is 192 Å². The van der Waals surface area contributed by atoms with Gasteiger partial charge in [0.2, 0.25) is 0 Å². The van der Waals surface area contributed by atoms with Gasteiger partial charge in [-0.2, -0.15) is 0 Å². The van der Waals surface area contributed by atoms with Crippen LogP contribution in [0.3, 0.4) is 0 Å². The fraction of sp³-hybridized carbons (Fsp3) is 0.346. The fourth-order valence-corrected chi connectivity index (χ4v) is 4.87. The van der Waals surface area contributed by atoms with Crippen molar-refractivity contribution >= 4 is 45.8 Å². The average molecular weight is 449 g/mol. The van der Waals surface area contributed by atoms with E-state index in [2.05, 4.69) is 43.6 Å². The molecule has 1 unspecified atom stereocenters. The van der Waals surface area contributed by atoms with Crippen molar-refractivity contribution in [3.05, 3.63) is 63.5 Å². The molecule has 0 radical (unpaired) electrons. The minimum absolute atomic E-state index is 0.0567. The van der Waals surface area contributed by atoms with E-state index in [1.54, 1.807) is 11.3 Å². The highest BCUT2D eigenvalue weighted by atomic mass is 32.1. The molecule has 5 nitrogen and oxygen atoms in total. The van der Waals surface area contributed by atoms with Crippen LogP contribution in [0.1, 0.15) is 53.7 Å². The molecular formula is C26H28N2O3S. The second kappa shape index (κ2) is 8.87. The number of amides is 1. The zero-order valence-corrected chi connectivity index (χ0v) is 19.7. The lowest BCUT2D eigenvalue weighted by Crippen LogP contribution is -2.29. The van der Waals surface area contributed by atoms with Crippen molar-refractivity contribution in [3.8, 4) is 0 Å². The van der Waals surface area contributed by atoms with Gasteiger partial charge in [0.15, 0.2) is 6.61 Å². The largest absolute Gasteiger partial charge is 0.452 e. The number of para-hydroxylation sites is 1. The van der Waals surface area contributed by atoms with E-state index in [0.717, 1.165) is 40.6 Å². The molecule has 0 spiro atoms. The molecule has 2 heterocycles. The zero-order chi connectivity index (χ0) is 22.9. The van der Waals surface area contributed by atoms with E-state index in [0.29, 0.717) is 11.5 Å². The molecule has 0 bridgehead atoms. The van der Waals surface area contributed by atoms with Crippen molar-refractivity contribution in [1.82, 2.24) is 10.3 Å². The van der Waals surface area contributed by atoms with E-state index in [9.17, 15) is 9.59 Å². The summed E-state index contributed by atoms with van der Waals surface area (Å²) >= 11 is 1.69. The second-order valence-electron chi connectivity index (χ2n) is 9.24. The van der Waals surface area contributed by atoms with E-state index in [4.69, 9.17) is 9.72 Å². The summed E-state index contributed by atoms with van der Waals surface area (Å²) in [6.07, 6.45) is 3.83. The number of thiophene rings is 1. The number of hydrogen-bond donors (Lipinski definition) is 1. The molecule has 0 saturated heterocycles. The number of pyridine rings is 1. The summed E-state index contributed by atoms with van der Waals surface area (Å²) in [5.74, 6) is -0.473. The third kappa shape index (κ3) is 4.46. The molecule has 1 amide bonds. The molecule has 0 fully saturated rings. The van der Waals surface area contributed by atoms with Gasteiger partial charge < -0.3 is 10.1 Å². The number of allylic oxidation sites excluding steroid dienone is 1. The van der Waals surface area contributed by atoms with Gasteiger partial charge in [0.25, 0.3) is 5.91 Å². The second-order valence-corrected chi connectivity index (χ2v) is 10.2. The first-order valence-electron chi connectivity index (χ1n) is 10.8. The quantitative estimate of drug-likeness (QED) is 0.547. The van der Waals surface area contributed by atoms with Crippen molar-refractivity contribution in [2.75, 3.05) is 13.7 Å². The molecule has 2 aromatic heterocycles. The Hall–Kier alpha value is -2.99. The number of hydrogen-bond acceptors (Lipinski definition) is 5. The van der Waals surface area contributed by atoms with Crippen molar-refractivity contribution in [1.29, 1.82) is 0 Å².